The highest BCUT2D eigenvalue weighted by Gasteiger charge is 2.38. The van der Waals surface area contributed by atoms with Crippen LogP contribution in [-0.2, 0) is 4.74 Å². The van der Waals surface area contributed by atoms with E-state index >= 15 is 0 Å². The van der Waals surface area contributed by atoms with Gasteiger partial charge in [-0.1, -0.05) is 0 Å². The molecular weight excluding hydrogens is 310 g/mol. The molecule has 2 unspecified atom stereocenters. The first-order valence-corrected chi connectivity index (χ1v) is 7.37. The van der Waals surface area contributed by atoms with Crippen LogP contribution in [0.1, 0.15) is 17.9 Å². The molecule has 5 heteroatoms. The van der Waals surface area contributed by atoms with Crippen LogP contribution in [0.5, 0.6) is 11.5 Å². The number of halogens is 1. The third kappa shape index (κ3) is 2.88. The molecule has 0 amide bonds. The van der Waals surface area contributed by atoms with Crippen molar-refractivity contribution >= 4 is 15.9 Å². The van der Waals surface area contributed by atoms with Crippen LogP contribution in [0.2, 0.25) is 0 Å². The Morgan fingerprint density at radius 1 is 1.42 bits per heavy atom. The van der Waals surface area contributed by atoms with Gasteiger partial charge in [0.05, 0.1) is 11.1 Å². The Labute approximate surface area is 121 Å². The van der Waals surface area contributed by atoms with Gasteiger partial charge in [0.15, 0.2) is 11.5 Å². The summed E-state index contributed by atoms with van der Waals surface area (Å²) in [5.41, 5.74) is 1.34. The van der Waals surface area contributed by atoms with Crippen molar-refractivity contribution in [2.75, 3.05) is 33.6 Å². The van der Waals surface area contributed by atoms with Gasteiger partial charge in [-0.25, -0.2) is 0 Å². The van der Waals surface area contributed by atoms with Crippen LogP contribution in [0.3, 0.4) is 0 Å². The summed E-state index contributed by atoms with van der Waals surface area (Å²) < 4.78 is 16.9. The molecule has 2 atom stereocenters. The highest BCUT2D eigenvalue weighted by molar-refractivity contribution is 9.10. The summed E-state index contributed by atoms with van der Waals surface area (Å²) in [5, 5.41) is 3.42. The lowest BCUT2D eigenvalue weighted by molar-refractivity contribution is 0.173. The monoisotopic (exact) mass is 327 g/mol. The number of benzene rings is 1. The Kier molecular flexibility index (Phi) is 3.96. The molecule has 0 spiro atoms. The molecule has 1 aliphatic heterocycles. The minimum Gasteiger partial charge on any atom is -0.454 e. The zero-order chi connectivity index (χ0) is 13.2. The van der Waals surface area contributed by atoms with Crippen molar-refractivity contribution in [2.45, 2.75) is 12.3 Å². The zero-order valence-corrected chi connectivity index (χ0v) is 12.5. The van der Waals surface area contributed by atoms with E-state index in [-0.39, 0.29) is 0 Å². The van der Waals surface area contributed by atoms with Gasteiger partial charge < -0.3 is 19.5 Å². The Morgan fingerprint density at radius 3 is 3.16 bits per heavy atom. The molecule has 1 saturated carbocycles. The fourth-order valence-corrected chi connectivity index (χ4v) is 3.12. The second-order valence-corrected chi connectivity index (χ2v) is 5.89. The van der Waals surface area contributed by atoms with Crippen molar-refractivity contribution in [1.82, 2.24) is 5.32 Å². The SMILES string of the molecule is COCCNCC1CC1c1cc(Br)c2c(c1)OCO2. The van der Waals surface area contributed by atoms with Gasteiger partial charge in [0.2, 0.25) is 6.79 Å². The van der Waals surface area contributed by atoms with Crippen LogP contribution in [-0.4, -0.2) is 33.6 Å². The minimum atomic E-state index is 0.323. The molecule has 4 nitrogen and oxygen atoms in total. The molecule has 104 valence electrons. The topological polar surface area (TPSA) is 39.7 Å². The van der Waals surface area contributed by atoms with Gasteiger partial charge >= 0.3 is 0 Å². The van der Waals surface area contributed by atoms with Crippen molar-refractivity contribution in [1.29, 1.82) is 0 Å². The fourth-order valence-electron chi connectivity index (χ4n) is 2.54. The molecule has 0 aromatic heterocycles. The maximum atomic E-state index is 5.46. The zero-order valence-electron chi connectivity index (χ0n) is 10.9. The Balaban J connectivity index is 1.58. The standard InChI is InChI=1S/C14H18BrNO3/c1-17-3-2-16-7-10-4-11(10)9-5-12(15)14-13(6-9)18-8-19-14/h5-6,10-11,16H,2-4,7-8H2,1H3. The summed E-state index contributed by atoms with van der Waals surface area (Å²) in [5.74, 6) is 3.06. The lowest BCUT2D eigenvalue weighted by Gasteiger charge is -2.06. The van der Waals surface area contributed by atoms with Crippen molar-refractivity contribution in [3.63, 3.8) is 0 Å². The van der Waals surface area contributed by atoms with E-state index in [1.54, 1.807) is 7.11 Å². The van der Waals surface area contributed by atoms with Crippen molar-refractivity contribution in [3.8, 4) is 11.5 Å². The second kappa shape index (κ2) is 5.69. The maximum Gasteiger partial charge on any atom is 0.231 e. The number of rotatable bonds is 6. The molecular formula is C14H18BrNO3. The predicted octanol–water partition coefficient (Wildman–Crippen LogP) is 2.52. The fraction of sp³-hybridized carbons (Fsp3) is 0.571. The summed E-state index contributed by atoms with van der Waals surface area (Å²) in [7, 11) is 1.73. The molecule has 19 heavy (non-hydrogen) atoms. The van der Waals surface area contributed by atoms with Gasteiger partial charge in [0, 0.05) is 13.7 Å². The van der Waals surface area contributed by atoms with Crippen LogP contribution in [0, 0.1) is 5.92 Å². The smallest absolute Gasteiger partial charge is 0.231 e. The molecule has 1 aromatic rings. The highest BCUT2D eigenvalue weighted by Crippen LogP contribution is 2.51. The number of fused-ring (bicyclic) bond motifs is 1. The summed E-state index contributed by atoms with van der Waals surface area (Å²) >= 11 is 3.55. The largest absolute Gasteiger partial charge is 0.454 e. The Morgan fingerprint density at radius 2 is 2.32 bits per heavy atom. The van der Waals surface area contributed by atoms with Crippen LogP contribution in [0.25, 0.3) is 0 Å². The molecule has 0 bridgehead atoms. The number of methoxy groups -OCH3 is 1. The Bertz CT molecular complexity index is 466. The molecule has 0 saturated heterocycles. The van der Waals surface area contributed by atoms with Crippen LogP contribution < -0.4 is 14.8 Å². The molecule has 1 aromatic carbocycles. The lowest BCUT2D eigenvalue weighted by atomic mass is 10.1. The molecule has 1 fully saturated rings. The second-order valence-electron chi connectivity index (χ2n) is 5.04. The maximum absolute atomic E-state index is 5.46. The number of ether oxygens (including phenoxy) is 3. The summed E-state index contributed by atoms with van der Waals surface area (Å²) in [6.45, 7) is 3.07. The average Bonchev–Trinajstić information content (AvgIpc) is 3.01. The van der Waals surface area contributed by atoms with Crippen molar-refractivity contribution in [2.24, 2.45) is 5.92 Å². The van der Waals surface area contributed by atoms with Gasteiger partial charge in [-0.3, -0.25) is 0 Å². The van der Waals surface area contributed by atoms with Crippen LogP contribution in [0.15, 0.2) is 16.6 Å². The normalized spacial score (nSPS) is 23.7. The van der Waals surface area contributed by atoms with Gasteiger partial charge in [-0.05, 0) is 58.4 Å². The Hall–Kier alpha value is -0.780. The van der Waals surface area contributed by atoms with Crippen molar-refractivity contribution in [3.05, 3.63) is 22.2 Å². The van der Waals surface area contributed by atoms with E-state index in [1.165, 1.54) is 12.0 Å². The third-order valence-electron chi connectivity index (χ3n) is 3.69. The molecule has 1 heterocycles. The first kappa shape index (κ1) is 13.2. The van der Waals surface area contributed by atoms with Gasteiger partial charge in [-0.2, -0.15) is 0 Å². The van der Waals surface area contributed by atoms with E-state index in [1.807, 2.05) is 0 Å². The van der Waals surface area contributed by atoms with Crippen LogP contribution >= 0.6 is 15.9 Å². The first-order valence-electron chi connectivity index (χ1n) is 6.58. The number of hydrogen-bond donors (Lipinski definition) is 1. The summed E-state index contributed by atoms with van der Waals surface area (Å²) in [6.07, 6.45) is 1.24. The van der Waals surface area contributed by atoms with Gasteiger partial charge in [-0.15, -0.1) is 0 Å². The average molecular weight is 328 g/mol. The summed E-state index contributed by atoms with van der Waals surface area (Å²) in [4.78, 5) is 0. The lowest BCUT2D eigenvalue weighted by Crippen LogP contribution is -2.21. The molecule has 3 rings (SSSR count). The third-order valence-corrected chi connectivity index (χ3v) is 4.28. The first-order chi connectivity index (χ1) is 9.29. The molecule has 1 aliphatic carbocycles. The van der Waals surface area contributed by atoms with E-state index < -0.39 is 0 Å². The molecule has 2 aliphatic rings. The number of nitrogens with one attached hydrogen (secondary N) is 1. The highest BCUT2D eigenvalue weighted by atomic mass is 79.9. The van der Waals surface area contributed by atoms with E-state index in [0.29, 0.717) is 12.7 Å². The number of hydrogen-bond acceptors (Lipinski definition) is 4. The minimum absolute atomic E-state index is 0.323. The van der Waals surface area contributed by atoms with Gasteiger partial charge in [0.1, 0.15) is 0 Å². The summed E-state index contributed by atoms with van der Waals surface area (Å²) in [6, 6.07) is 4.28. The molecule has 1 N–H and O–H groups in total. The predicted molar refractivity (Wildman–Crippen MR) is 75.9 cm³/mol. The van der Waals surface area contributed by atoms with Crippen LogP contribution in [0.4, 0.5) is 0 Å². The molecule has 0 radical (unpaired) electrons. The van der Waals surface area contributed by atoms with E-state index in [0.717, 1.165) is 41.6 Å². The van der Waals surface area contributed by atoms with Gasteiger partial charge in [0.25, 0.3) is 0 Å². The van der Waals surface area contributed by atoms with E-state index in [9.17, 15) is 0 Å². The van der Waals surface area contributed by atoms with E-state index in [4.69, 9.17) is 14.2 Å². The quantitative estimate of drug-likeness (QED) is 0.815. The van der Waals surface area contributed by atoms with Crippen molar-refractivity contribution < 1.29 is 14.2 Å². The van der Waals surface area contributed by atoms with E-state index in [2.05, 4.69) is 33.4 Å².